The van der Waals surface area contributed by atoms with Gasteiger partial charge in [0.05, 0.1) is 12.3 Å². The van der Waals surface area contributed by atoms with Crippen LogP contribution in [0.25, 0.3) is 0 Å². The Bertz CT molecular complexity index is 339. The third-order valence-electron chi connectivity index (χ3n) is 3.06. The zero-order chi connectivity index (χ0) is 13.5. The van der Waals surface area contributed by atoms with E-state index in [-0.39, 0.29) is 6.04 Å². The average molecular weight is 254 g/mol. The molecule has 5 nitrogen and oxygen atoms in total. The molecular formula is C13H26N4O. The van der Waals surface area contributed by atoms with Crippen molar-refractivity contribution >= 4 is 0 Å². The first-order chi connectivity index (χ1) is 8.56. The van der Waals surface area contributed by atoms with Gasteiger partial charge in [0.15, 0.2) is 0 Å². The molecule has 2 N–H and O–H groups in total. The molecule has 0 aliphatic heterocycles. The molecule has 0 radical (unpaired) electrons. The third kappa shape index (κ3) is 4.76. The second kappa shape index (κ2) is 7.51. The highest BCUT2D eigenvalue weighted by atomic mass is 16.5. The van der Waals surface area contributed by atoms with Crippen molar-refractivity contribution in [1.82, 2.24) is 14.7 Å². The molecule has 0 saturated carbocycles. The highest BCUT2D eigenvalue weighted by molar-refractivity contribution is 4.99. The molecule has 0 saturated heterocycles. The Morgan fingerprint density at radius 2 is 2.28 bits per heavy atom. The van der Waals surface area contributed by atoms with Crippen molar-refractivity contribution in [3.05, 3.63) is 18.0 Å². The first-order valence-corrected chi connectivity index (χ1v) is 6.53. The summed E-state index contributed by atoms with van der Waals surface area (Å²) in [6, 6.07) is 2.58. The molecule has 0 amide bonds. The summed E-state index contributed by atoms with van der Waals surface area (Å²) in [7, 11) is 3.73. The third-order valence-corrected chi connectivity index (χ3v) is 3.06. The van der Waals surface area contributed by atoms with Crippen LogP contribution in [0, 0.1) is 0 Å². The maximum atomic E-state index is 5.92. The zero-order valence-electron chi connectivity index (χ0n) is 12.0. The number of nitrogens with two attached hydrogens (primary N) is 1. The van der Waals surface area contributed by atoms with E-state index in [1.807, 2.05) is 10.9 Å². The fourth-order valence-electron chi connectivity index (χ4n) is 1.90. The number of rotatable bonds is 8. The van der Waals surface area contributed by atoms with Crippen molar-refractivity contribution in [1.29, 1.82) is 0 Å². The van der Waals surface area contributed by atoms with E-state index in [0.717, 1.165) is 25.2 Å². The molecule has 2 atom stereocenters. The highest BCUT2D eigenvalue weighted by Gasteiger charge is 2.10. The van der Waals surface area contributed by atoms with Crippen molar-refractivity contribution in [3.8, 4) is 0 Å². The van der Waals surface area contributed by atoms with E-state index in [4.69, 9.17) is 10.5 Å². The van der Waals surface area contributed by atoms with Gasteiger partial charge in [0.25, 0.3) is 0 Å². The summed E-state index contributed by atoms with van der Waals surface area (Å²) in [5, 5.41) is 4.58. The molecule has 1 heterocycles. The van der Waals surface area contributed by atoms with Gasteiger partial charge in [-0.3, -0.25) is 9.58 Å². The molecule has 0 bridgehead atoms. The maximum Gasteiger partial charge on any atom is 0.0764 e. The number of ether oxygens (including phenoxy) is 1. The van der Waals surface area contributed by atoms with Crippen molar-refractivity contribution in [2.45, 2.75) is 38.9 Å². The Morgan fingerprint density at radius 1 is 1.56 bits per heavy atom. The van der Waals surface area contributed by atoms with Crippen LogP contribution >= 0.6 is 0 Å². The van der Waals surface area contributed by atoms with Crippen molar-refractivity contribution in [2.75, 3.05) is 27.3 Å². The Morgan fingerprint density at radius 3 is 2.89 bits per heavy atom. The number of nitrogens with zero attached hydrogens (tertiary/aromatic N) is 3. The fraction of sp³-hybridized carbons (Fsp3) is 0.769. The van der Waals surface area contributed by atoms with Crippen LogP contribution in [-0.4, -0.2) is 48.0 Å². The summed E-state index contributed by atoms with van der Waals surface area (Å²) in [6.45, 7) is 6.56. The molecule has 0 fully saturated rings. The topological polar surface area (TPSA) is 56.3 Å². The molecule has 104 valence electrons. The van der Waals surface area contributed by atoms with Gasteiger partial charge >= 0.3 is 0 Å². The average Bonchev–Trinajstić information content (AvgIpc) is 2.76. The van der Waals surface area contributed by atoms with Crippen molar-refractivity contribution in [2.24, 2.45) is 5.73 Å². The van der Waals surface area contributed by atoms with Crippen molar-refractivity contribution < 1.29 is 4.74 Å². The number of hydrogen-bond acceptors (Lipinski definition) is 4. The number of hydrogen-bond donors (Lipinski definition) is 1. The first kappa shape index (κ1) is 15.1. The Labute approximate surface area is 110 Å². The molecule has 5 heteroatoms. The molecular weight excluding hydrogens is 228 g/mol. The molecule has 2 unspecified atom stereocenters. The van der Waals surface area contributed by atoms with Crippen LogP contribution < -0.4 is 5.73 Å². The summed E-state index contributed by atoms with van der Waals surface area (Å²) in [6.07, 6.45) is 3.14. The quantitative estimate of drug-likeness (QED) is 0.759. The lowest BCUT2D eigenvalue weighted by molar-refractivity contribution is 0.159. The maximum absolute atomic E-state index is 5.92. The summed E-state index contributed by atoms with van der Waals surface area (Å²) in [4.78, 5) is 2.17. The molecule has 1 rings (SSSR count). The van der Waals surface area contributed by atoms with E-state index in [2.05, 4.69) is 37.0 Å². The minimum Gasteiger partial charge on any atom is -0.383 e. The van der Waals surface area contributed by atoms with Gasteiger partial charge in [0, 0.05) is 38.5 Å². The zero-order valence-corrected chi connectivity index (χ0v) is 12.0. The SMILES string of the molecule is CCC(C)n1ccc(CN(C)CC(N)COC)n1. The molecule has 18 heavy (non-hydrogen) atoms. The minimum absolute atomic E-state index is 0.0525. The first-order valence-electron chi connectivity index (χ1n) is 6.53. The van der Waals surface area contributed by atoms with Gasteiger partial charge in [-0.05, 0) is 26.5 Å². The minimum atomic E-state index is 0.0525. The van der Waals surface area contributed by atoms with Crippen LogP contribution in [0.5, 0.6) is 0 Å². The molecule has 1 aromatic heterocycles. The van der Waals surface area contributed by atoms with E-state index in [0.29, 0.717) is 12.6 Å². The van der Waals surface area contributed by atoms with E-state index in [1.165, 1.54) is 0 Å². The smallest absolute Gasteiger partial charge is 0.0764 e. The molecule has 0 aliphatic rings. The van der Waals surface area contributed by atoms with Gasteiger partial charge in [-0.25, -0.2) is 0 Å². The predicted molar refractivity (Wildman–Crippen MR) is 73.4 cm³/mol. The molecule has 0 aromatic carbocycles. The molecule has 1 aromatic rings. The lowest BCUT2D eigenvalue weighted by Crippen LogP contribution is -2.38. The summed E-state index contributed by atoms with van der Waals surface area (Å²) < 4.78 is 7.06. The second-order valence-corrected chi connectivity index (χ2v) is 4.96. The van der Waals surface area contributed by atoms with Crippen LogP contribution in [0.1, 0.15) is 32.0 Å². The van der Waals surface area contributed by atoms with Gasteiger partial charge in [0.1, 0.15) is 0 Å². The van der Waals surface area contributed by atoms with E-state index < -0.39 is 0 Å². The fourth-order valence-corrected chi connectivity index (χ4v) is 1.90. The highest BCUT2D eigenvalue weighted by Crippen LogP contribution is 2.10. The molecule has 0 aliphatic carbocycles. The van der Waals surface area contributed by atoms with E-state index >= 15 is 0 Å². The van der Waals surface area contributed by atoms with Crippen LogP contribution in [0.2, 0.25) is 0 Å². The van der Waals surface area contributed by atoms with E-state index in [9.17, 15) is 0 Å². The van der Waals surface area contributed by atoms with Gasteiger partial charge in [-0.2, -0.15) is 5.10 Å². The predicted octanol–water partition coefficient (Wildman–Crippen LogP) is 1.26. The van der Waals surface area contributed by atoms with Gasteiger partial charge in [-0.15, -0.1) is 0 Å². The normalized spacial score (nSPS) is 15.0. The van der Waals surface area contributed by atoms with Crippen molar-refractivity contribution in [3.63, 3.8) is 0 Å². The summed E-state index contributed by atoms with van der Waals surface area (Å²) >= 11 is 0. The lowest BCUT2D eigenvalue weighted by Gasteiger charge is -2.19. The van der Waals surface area contributed by atoms with Gasteiger partial charge < -0.3 is 10.5 Å². The Kier molecular flexibility index (Phi) is 6.32. The second-order valence-electron chi connectivity index (χ2n) is 4.96. The monoisotopic (exact) mass is 254 g/mol. The number of aromatic nitrogens is 2. The largest absolute Gasteiger partial charge is 0.383 e. The van der Waals surface area contributed by atoms with Gasteiger partial charge in [0.2, 0.25) is 0 Å². The standard InChI is InChI=1S/C13H26N4O/c1-5-11(2)17-7-6-13(15-17)9-16(3)8-12(14)10-18-4/h6-7,11-12H,5,8-10,14H2,1-4H3. The summed E-state index contributed by atoms with van der Waals surface area (Å²) in [5.74, 6) is 0. The lowest BCUT2D eigenvalue weighted by atomic mass is 10.3. The Balaban J connectivity index is 2.44. The van der Waals surface area contributed by atoms with Crippen LogP contribution in [0.4, 0.5) is 0 Å². The number of likely N-dealkylation sites (N-methyl/N-ethyl adjacent to an activating group) is 1. The number of methoxy groups -OCH3 is 1. The van der Waals surface area contributed by atoms with Crippen LogP contribution in [0.15, 0.2) is 12.3 Å². The van der Waals surface area contributed by atoms with Gasteiger partial charge in [-0.1, -0.05) is 6.92 Å². The van der Waals surface area contributed by atoms with E-state index in [1.54, 1.807) is 7.11 Å². The molecule has 0 spiro atoms. The summed E-state index contributed by atoms with van der Waals surface area (Å²) in [5.41, 5.74) is 7.01. The van der Waals surface area contributed by atoms with Crippen LogP contribution in [0.3, 0.4) is 0 Å². The van der Waals surface area contributed by atoms with Crippen LogP contribution in [-0.2, 0) is 11.3 Å². The Hall–Kier alpha value is -0.910.